The number of aromatic nitrogens is 3. The first-order chi connectivity index (χ1) is 11.7. The van der Waals surface area contributed by atoms with E-state index >= 15 is 0 Å². The summed E-state index contributed by atoms with van der Waals surface area (Å²) in [4.78, 5) is 3.73. The maximum Gasteiger partial charge on any atom is 0.139 e. The Balaban J connectivity index is 1.55. The average molecular weight is 342 g/mol. The Kier molecular flexibility index (Phi) is 4.24. The van der Waals surface area contributed by atoms with Gasteiger partial charge in [0.1, 0.15) is 11.5 Å². The predicted molar refractivity (Wildman–Crippen MR) is 94.9 cm³/mol. The second kappa shape index (κ2) is 6.53. The molecule has 0 saturated carbocycles. The van der Waals surface area contributed by atoms with E-state index in [1.165, 1.54) is 16.9 Å². The SMILES string of the molecule is CC(C)c1cc(C2CCCN2Cc2cn[nH]c2-c2cccs2)no1. The number of hydrogen-bond donors (Lipinski definition) is 1. The predicted octanol–water partition coefficient (Wildman–Crippen LogP) is 4.59. The zero-order valence-electron chi connectivity index (χ0n) is 14.0. The summed E-state index contributed by atoms with van der Waals surface area (Å²) in [5.74, 6) is 1.35. The number of rotatable bonds is 5. The fourth-order valence-electron chi connectivity index (χ4n) is 3.37. The Morgan fingerprint density at radius 3 is 3.12 bits per heavy atom. The Bertz CT molecular complexity index is 790. The van der Waals surface area contributed by atoms with Gasteiger partial charge >= 0.3 is 0 Å². The van der Waals surface area contributed by atoms with E-state index in [2.05, 4.69) is 57.7 Å². The largest absolute Gasteiger partial charge is 0.361 e. The number of nitrogens with one attached hydrogen (secondary N) is 1. The van der Waals surface area contributed by atoms with Gasteiger partial charge in [0.25, 0.3) is 0 Å². The van der Waals surface area contributed by atoms with E-state index < -0.39 is 0 Å². The second-order valence-electron chi connectivity index (χ2n) is 6.68. The van der Waals surface area contributed by atoms with Gasteiger partial charge in [-0.2, -0.15) is 5.10 Å². The van der Waals surface area contributed by atoms with E-state index in [4.69, 9.17) is 4.52 Å². The molecule has 1 atom stereocenters. The minimum absolute atomic E-state index is 0.340. The van der Waals surface area contributed by atoms with Crippen molar-refractivity contribution in [3.8, 4) is 10.6 Å². The van der Waals surface area contributed by atoms with Crippen molar-refractivity contribution in [1.82, 2.24) is 20.3 Å². The zero-order valence-corrected chi connectivity index (χ0v) is 14.8. The van der Waals surface area contributed by atoms with Crippen LogP contribution in [0.2, 0.25) is 0 Å². The molecular formula is C18H22N4OS. The lowest BCUT2D eigenvalue weighted by atomic mass is 10.1. The van der Waals surface area contributed by atoms with Crippen molar-refractivity contribution in [3.05, 3.63) is 46.8 Å². The number of aromatic amines is 1. The van der Waals surface area contributed by atoms with Gasteiger partial charge in [0.05, 0.1) is 22.8 Å². The quantitative estimate of drug-likeness (QED) is 0.737. The first kappa shape index (κ1) is 15.6. The summed E-state index contributed by atoms with van der Waals surface area (Å²) < 4.78 is 5.51. The summed E-state index contributed by atoms with van der Waals surface area (Å²) in [6, 6.07) is 6.68. The van der Waals surface area contributed by atoms with Crippen LogP contribution in [0.25, 0.3) is 10.6 Å². The standard InChI is InChI=1S/C18H22N4OS/c1-12(2)16-9-14(21-23-16)15-5-3-7-22(15)11-13-10-19-20-18(13)17-6-4-8-24-17/h4,6,8-10,12,15H,3,5,7,11H2,1-2H3,(H,19,20). The fourth-order valence-corrected chi connectivity index (χ4v) is 4.12. The summed E-state index contributed by atoms with van der Waals surface area (Å²) in [6.07, 6.45) is 4.28. The molecule has 0 radical (unpaired) electrons. The van der Waals surface area contributed by atoms with Crippen molar-refractivity contribution >= 4 is 11.3 Å². The lowest BCUT2D eigenvalue weighted by molar-refractivity contribution is 0.236. The summed E-state index contributed by atoms with van der Waals surface area (Å²) >= 11 is 1.74. The molecule has 1 saturated heterocycles. The van der Waals surface area contributed by atoms with Crippen molar-refractivity contribution in [2.75, 3.05) is 6.54 Å². The molecule has 24 heavy (non-hydrogen) atoms. The van der Waals surface area contributed by atoms with E-state index in [0.717, 1.165) is 36.7 Å². The highest BCUT2D eigenvalue weighted by Gasteiger charge is 2.30. The third kappa shape index (κ3) is 2.91. The fraction of sp³-hybridized carbons (Fsp3) is 0.444. The smallest absolute Gasteiger partial charge is 0.139 e. The molecule has 6 heteroatoms. The first-order valence-corrected chi connectivity index (χ1v) is 9.37. The summed E-state index contributed by atoms with van der Waals surface area (Å²) in [7, 11) is 0. The Morgan fingerprint density at radius 1 is 1.46 bits per heavy atom. The normalized spacial score (nSPS) is 18.7. The highest BCUT2D eigenvalue weighted by atomic mass is 32.1. The minimum atomic E-state index is 0.340. The molecular weight excluding hydrogens is 320 g/mol. The van der Waals surface area contributed by atoms with E-state index in [1.54, 1.807) is 11.3 Å². The summed E-state index contributed by atoms with van der Waals surface area (Å²) in [6.45, 7) is 6.24. The molecule has 1 N–H and O–H groups in total. The molecule has 1 aliphatic rings. The molecule has 1 unspecified atom stereocenters. The van der Waals surface area contributed by atoms with Crippen LogP contribution in [0.4, 0.5) is 0 Å². The van der Waals surface area contributed by atoms with E-state index in [9.17, 15) is 0 Å². The molecule has 0 aliphatic carbocycles. The topological polar surface area (TPSA) is 58.0 Å². The molecule has 1 fully saturated rings. The maximum absolute atomic E-state index is 5.51. The molecule has 4 heterocycles. The Labute approximate surface area is 145 Å². The molecule has 0 spiro atoms. The molecule has 3 aromatic rings. The van der Waals surface area contributed by atoms with Crippen LogP contribution in [0, 0.1) is 0 Å². The molecule has 0 aromatic carbocycles. The van der Waals surface area contributed by atoms with Crippen molar-refractivity contribution in [2.24, 2.45) is 0 Å². The lowest BCUT2D eigenvalue weighted by Gasteiger charge is -2.22. The monoisotopic (exact) mass is 342 g/mol. The van der Waals surface area contributed by atoms with Crippen LogP contribution in [0.1, 0.15) is 55.7 Å². The van der Waals surface area contributed by atoms with Crippen molar-refractivity contribution in [3.63, 3.8) is 0 Å². The van der Waals surface area contributed by atoms with Crippen LogP contribution in [0.3, 0.4) is 0 Å². The second-order valence-corrected chi connectivity index (χ2v) is 7.63. The minimum Gasteiger partial charge on any atom is -0.361 e. The van der Waals surface area contributed by atoms with Crippen LogP contribution < -0.4 is 0 Å². The Morgan fingerprint density at radius 2 is 2.38 bits per heavy atom. The van der Waals surface area contributed by atoms with Crippen LogP contribution in [-0.2, 0) is 6.54 Å². The van der Waals surface area contributed by atoms with Crippen molar-refractivity contribution < 1.29 is 4.52 Å². The van der Waals surface area contributed by atoms with E-state index in [-0.39, 0.29) is 0 Å². The van der Waals surface area contributed by atoms with Gasteiger partial charge in [-0.15, -0.1) is 11.3 Å². The molecule has 0 bridgehead atoms. The van der Waals surface area contributed by atoms with Crippen molar-refractivity contribution in [1.29, 1.82) is 0 Å². The van der Waals surface area contributed by atoms with Crippen molar-refractivity contribution in [2.45, 2.75) is 45.2 Å². The number of nitrogens with zero attached hydrogens (tertiary/aromatic N) is 3. The van der Waals surface area contributed by atoms with Gasteiger partial charge in [-0.25, -0.2) is 0 Å². The van der Waals surface area contributed by atoms with Gasteiger partial charge < -0.3 is 4.52 Å². The molecule has 126 valence electrons. The van der Waals surface area contributed by atoms with Crippen LogP contribution in [-0.4, -0.2) is 26.8 Å². The van der Waals surface area contributed by atoms with Gasteiger partial charge in [0, 0.05) is 24.1 Å². The van der Waals surface area contributed by atoms with Gasteiger partial charge in [-0.05, 0) is 30.8 Å². The highest BCUT2D eigenvalue weighted by Crippen LogP contribution is 2.35. The number of likely N-dealkylation sites (tertiary alicyclic amines) is 1. The number of H-pyrrole nitrogens is 1. The molecule has 5 nitrogen and oxygen atoms in total. The van der Waals surface area contributed by atoms with Gasteiger partial charge in [-0.1, -0.05) is 25.1 Å². The average Bonchev–Trinajstić information content (AvgIpc) is 3.35. The van der Waals surface area contributed by atoms with Gasteiger partial charge in [-0.3, -0.25) is 10.00 Å². The van der Waals surface area contributed by atoms with E-state index in [0.29, 0.717) is 12.0 Å². The maximum atomic E-state index is 5.51. The van der Waals surface area contributed by atoms with Gasteiger partial charge in [0.2, 0.25) is 0 Å². The Hall–Kier alpha value is -1.92. The summed E-state index contributed by atoms with van der Waals surface area (Å²) in [5, 5.41) is 13.9. The van der Waals surface area contributed by atoms with Gasteiger partial charge in [0.15, 0.2) is 0 Å². The van der Waals surface area contributed by atoms with E-state index in [1.807, 2.05) is 6.20 Å². The number of hydrogen-bond acceptors (Lipinski definition) is 5. The molecule has 4 rings (SSSR count). The van der Waals surface area contributed by atoms with Crippen LogP contribution in [0.15, 0.2) is 34.3 Å². The number of thiophene rings is 1. The first-order valence-electron chi connectivity index (χ1n) is 8.49. The third-order valence-corrected chi connectivity index (χ3v) is 5.57. The molecule has 0 amide bonds. The zero-order chi connectivity index (χ0) is 16.5. The van der Waals surface area contributed by atoms with Crippen LogP contribution in [0.5, 0.6) is 0 Å². The molecule has 1 aliphatic heterocycles. The lowest BCUT2D eigenvalue weighted by Crippen LogP contribution is -2.23. The van der Waals surface area contributed by atoms with Crippen LogP contribution >= 0.6 is 11.3 Å². The highest BCUT2D eigenvalue weighted by molar-refractivity contribution is 7.13. The summed E-state index contributed by atoms with van der Waals surface area (Å²) in [5.41, 5.74) is 3.45. The third-order valence-electron chi connectivity index (χ3n) is 4.68. The molecule has 3 aromatic heterocycles.